The highest BCUT2D eigenvalue weighted by Crippen LogP contribution is 2.08. The van der Waals surface area contributed by atoms with Crippen molar-refractivity contribution in [3.8, 4) is 0 Å². The van der Waals surface area contributed by atoms with Crippen LogP contribution in [0, 0.1) is 0 Å². The Hall–Kier alpha value is -1.88. The van der Waals surface area contributed by atoms with E-state index in [9.17, 15) is 9.59 Å². The van der Waals surface area contributed by atoms with Crippen LogP contribution in [0.15, 0.2) is 30.3 Å². The molecule has 0 fully saturated rings. The van der Waals surface area contributed by atoms with Crippen LogP contribution in [0.2, 0.25) is 0 Å². The summed E-state index contributed by atoms with van der Waals surface area (Å²) in [6, 6.07) is 9.34. The first kappa shape index (κ1) is 14.2. The van der Waals surface area contributed by atoms with Crippen LogP contribution in [-0.4, -0.2) is 24.0 Å². The van der Waals surface area contributed by atoms with Gasteiger partial charge in [-0.15, -0.1) is 0 Å². The Labute approximate surface area is 106 Å². The van der Waals surface area contributed by atoms with Crippen molar-refractivity contribution in [1.29, 1.82) is 0 Å². The average molecular weight is 250 g/mol. The normalized spacial score (nSPS) is 10.8. The highest BCUT2D eigenvalue weighted by atomic mass is 16.5. The van der Waals surface area contributed by atoms with Crippen LogP contribution < -0.4 is 11.1 Å². The molecule has 1 aromatic carbocycles. The number of carbonyl (C=O) groups is 2. The summed E-state index contributed by atoms with van der Waals surface area (Å²) in [6.07, 6.45) is 0. The molecule has 1 aromatic rings. The number of amides is 1. The van der Waals surface area contributed by atoms with Crippen LogP contribution in [0.5, 0.6) is 0 Å². The van der Waals surface area contributed by atoms with Crippen molar-refractivity contribution >= 4 is 11.9 Å². The molecule has 18 heavy (non-hydrogen) atoms. The van der Waals surface area contributed by atoms with Gasteiger partial charge >= 0.3 is 5.97 Å². The Morgan fingerprint density at radius 3 is 2.44 bits per heavy atom. The SMILES string of the molecule is CC(C)(NC(=O)CN)C(=O)OCc1ccccc1. The third-order valence-electron chi connectivity index (χ3n) is 2.36. The maximum atomic E-state index is 11.8. The van der Waals surface area contributed by atoms with Gasteiger partial charge in [0, 0.05) is 0 Å². The molecule has 0 saturated carbocycles. The highest BCUT2D eigenvalue weighted by molar-refractivity contribution is 5.88. The van der Waals surface area contributed by atoms with Gasteiger partial charge in [-0.2, -0.15) is 0 Å². The minimum Gasteiger partial charge on any atom is -0.459 e. The van der Waals surface area contributed by atoms with Crippen LogP contribution >= 0.6 is 0 Å². The summed E-state index contributed by atoms with van der Waals surface area (Å²) >= 11 is 0. The number of esters is 1. The fraction of sp³-hybridized carbons (Fsp3) is 0.385. The van der Waals surface area contributed by atoms with Gasteiger partial charge in [-0.3, -0.25) is 4.79 Å². The van der Waals surface area contributed by atoms with E-state index in [-0.39, 0.29) is 13.2 Å². The second-order valence-corrected chi connectivity index (χ2v) is 4.44. The lowest BCUT2D eigenvalue weighted by molar-refractivity contribution is -0.153. The van der Waals surface area contributed by atoms with E-state index >= 15 is 0 Å². The largest absolute Gasteiger partial charge is 0.459 e. The number of nitrogens with one attached hydrogen (secondary N) is 1. The van der Waals surface area contributed by atoms with E-state index in [0.29, 0.717) is 0 Å². The number of hydrogen-bond donors (Lipinski definition) is 2. The first-order chi connectivity index (χ1) is 8.45. The van der Waals surface area contributed by atoms with Gasteiger partial charge in [0.25, 0.3) is 0 Å². The Balaban J connectivity index is 2.52. The van der Waals surface area contributed by atoms with Crippen molar-refractivity contribution in [2.45, 2.75) is 26.0 Å². The lowest BCUT2D eigenvalue weighted by Gasteiger charge is -2.23. The molecular weight excluding hydrogens is 232 g/mol. The lowest BCUT2D eigenvalue weighted by Crippen LogP contribution is -2.52. The van der Waals surface area contributed by atoms with Crippen LogP contribution in [0.25, 0.3) is 0 Å². The van der Waals surface area contributed by atoms with E-state index in [2.05, 4.69) is 5.32 Å². The predicted molar refractivity (Wildman–Crippen MR) is 67.5 cm³/mol. The fourth-order valence-corrected chi connectivity index (χ4v) is 1.35. The van der Waals surface area contributed by atoms with Crippen LogP contribution in [0.1, 0.15) is 19.4 Å². The molecule has 0 heterocycles. The van der Waals surface area contributed by atoms with E-state index in [0.717, 1.165) is 5.56 Å². The molecule has 1 amide bonds. The maximum absolute atomic E-state index is 11.8. The Kier molecular flexibility index (Phi) is 4.85. The van der Waals surface area contributed by atoms with Gasteiger partial charge in [0.2, 0.25) is 5.91 Å². The summed E-state index contributed by atoms with van der Waals surface area (Å²) in [6.45, 7) is 3.18. The topological polar surface area (TPSA) is 81.4 Å². The molecule has 1 rings (SSSR count). The fourth-order valence-electron chi connectivity index (χ4n) is 1.35. The number of ether oxygens (including phenoxy) is 1. The second-order valence-electron chi connectivity index (χ2n) is 4.44. The van der Waals surface area contributed by atoms with Crippen molar-refractivity contribution in [2.24, 2.45) is 5.73 Å². The molecular formula is C13H18N2O3. The number of nitrogens with two attached hydrogens (primary N) is 1. The van der Waals surface area contributed by atoms with Gasteiger partial charge in [-0.25, -0.2) is 4.79 Å². The monoisotopic (exact) mass is 250 g/mol. The third-order valence-corrected chi connectivity index (χ3v) is 2.36. The van der Waals surface area contributed by atoms with Crippen molar-refractivity contribution in [1.82, 2.24) is 5.32 Å². The predicted octanol–water partition coefficient (Wildman–Crippen LogP) is 0.583. The Bertz CT molecular complexity index is 416. The van der Waals surface area contributed by atoms with Crippen LogP contribution in [-0.2, 0) is 20.9 Å². The molecule has 0 aliphatic rings. The zero-order valence-corrected chi connectivity index (χ0v) is 10.6. The molecule has 0 aromatic heterocycles. The molecule has 5 nitrogen and oxygen atoms in total. The summed E-state index contributed by atoms with van der Waals surface area (Å²) in [5.74, 6) is -0.884. The summed E-state index contributed by atoms with van der Waals surface area (Å²) < 4.78 is 5.14. The smallest absolute Gasteiger partial charge is 0.331 e. The standard InChI is InChI=1S/C13H18N2O3/c1-13(2,15-11(16)8-14)12(17)18-9-10-6-4-3-5-7-10/h3-7H,8-9,14H2,1-2H3,(H,15,16). The van der Waals surface area contributed by atoms with E-state index in [1.54, 1.807) is 13.8 Å². The van der Waals surface area contributed by atoms with Crippen molar-refractivity contribution in [3.05, 3.63) is 35.9 Å². The van der Waals surface area contributed by atoms with E-state index in [4.69, 9.17) is 10.5 Å². The maximum Gasteiger partial charge on any atom is 0.331 e. The quantitative estimate of drug-likeness (QED) is 0.749. The molecule has 0 radical (unpaired) electrons. The lowest BCUT2D eigenvalue weighted by atomic mass is 10.1. The van der Waals surface area contributed by atoms with Gasteiger partial charge in [0.1, 0.15) is 12.1 Å². The summed E-state index contributed by atoms with van der Waals surface area (Å²) in [4.78, 5) is 23.0. The van der Waals surface area contributed by atoms with Gasteiger partial charge in [-0.05, 0) is 19.4 Å². The Morgan fingerprint density at radius 1 is 1.28 bits per heavy atom. The van der Waals surface area contributed by atoms with Gasteiger partial charge in [-0.1, -0.05) is 30.3 Å². The van der Waals surface area contributed by atoms with E-state index < -0.39 is 17.4 Å². The van der Waals surface area contributed by atoms with Crippen molar-refractivity contribution in [2.75, 3.05) is 6.54 Å². The molecule has 0 atom stereocenters. The molecule has 98 valence electrons. The van der Waals surface area contributed by atoms with E-state index in [1.165, 1.54) is 0 Å². The zero-order valence-electron chi connectivity index (χ0n) is 10.6. The molecule has 0 aliphatic heterocycles. The molecule has 0 spiro atoms. The molecule has 5 heteroatoms. The van der Waals surface area contributed by atoms with Crippen LogP contribution in [0.3, 0.4) is 0 Å². The number of benzene rings is 1. The van der Waals surface area contributed by atoms with E-state index in [1.807, 2.05) is 30.3 Å². The summed E-state index contributed by atoms with van der Waals surface area (Å²) in [7, 11) is 0. The first-order valence-corrected chi connectivity index (χ1v) is 5.68. The molecule has 3 N–H and O–H groups in total. The van der Waals surface area contributed by atoms with Crippen LogP contribution in [0.4, 0.5) is 0 Å². The molecule has 0 aliphatic carbocycles. The van der Waals surface area contributed by atoms with Gasteiger partial charge in [0.05, 0.1) is 6.54 Å². The second kappa shape index (κ2) is 6.16. The van der Waals surface area contributed by atoms with Gasteiger partial charge in [0.15, 0.2) is 0 Å². The third kappa shape index (κ3) is 4.18. The van der Waals surface area contributed by atoms with Crippen molar-refractivity contribution < 1.29 is 14.3 Å². The van der Waals surface area contributed by atoms with Gasteiger partial charge < -0.3 is 15.8 Å². The minimum atomic E-state index is -1.08. The Morgan fingerprint density at radius 2 is 1.89 bits per heavy atom. The average Bonchev–Trinajstić information content (AvgIpc) is 2.36. The number of hydrogen-bond acceptors (Lipinski definition) is 4. The molecule has 0 bridgehead atoms. The minimum absolute atomic E-state index is 0.157. The molecule has 0 saturated heterocycles. The van der Waals surface area contributed by atoms with Crippen molar-refractivity contribution in [3.63, 3.8) is 0 Å². The summed E-state index contributed by atoms with van der Waals surface area (Å²) in [5.41, 5.74) is 5.00. The highest BCUT2D eigenvalue weighted by Gasteiger charge is 2.30. The molecule has 0 unspecified atom stereocenters. The number of carbonyl (C=O) groups excluding carboxylic acids is 2. The zero-order chi connectivity index (χ0) is 13.6. The number of rotatable bonds is 5. The summed E-state index contributed by atoms with van der Waals surface area (Å²) in [5, 5.41) is 2.50. The first-order valence-electron chi connectivity index (χ1n) is 5.68.